The average Bonchev–Trinajstić information content (AvgIpc) is 3.36. The fourth-order valence-corrected chi connectivity index (χ4v) is 10.5. The Bertz CT molecular complexity index is 2380. The van der Waals surface area contributed by atoms with Gasteiger partial charge in [0, 0.05) is 62.9 Å². The number of nitrogens with one attached hydrogen (secondary N) is 1. The molecule has 4 aliphatic rings. The maximum absolute atomic E-state index is 12.5. The fourth-order valence-electron chi connectivity index (χ4n) is 10.5. The second kappa shape index (κ2) is 22.1. The lowest BCUT2D eigenvalue weighted by molar-refractivity contribution is -0.137. The lowest BCUT2D eigenvalue weighted by Crippen LogP contribution is -2.57. The first kappa shape index (κ1) is 46.7. The molecule has 3 aliphatic heterocycles. The molecule has 1 spiro atoms. The number of aryl methyl sites for hydroxylation is 1. The summed E-state index contributed by atoms with van der Waals surface area (Å²) in [4.78, 5) is 43.0. The van der Waals surface area contributed by atoms with Gasteiger partial charge in [0.1, 0.15) is 24.4 Å². The molecule has 2 amide bonds. The molecular formula is C56H66N4O6. The van der Waals surface area contributed by atoms with E-state index in [1.165, 1.54) is 27.8 Å². The van der Waals surface area contributed by atoms with Crippen molar-refractivity contribution < 1.29 is 28.6 Å². The molecule has 1 N–H and O–H groups in total. The normalized spacial score (nSPS) is 20.5. The van der Waals surface area contributed by atoms with Crippen LogP contribution >= 0.6 is 0 Å². The van der Waals surface area contributed by atoms with Gasteiger partial charge in [-0.25, -0.2) is 0 Å². The Morgan fingerprint density at radius 3 is 2.29 bits per heavy atom. The minimum atomic E-state index is -0.401. The number of fused-ring (bicyclic) bond motifs is 1. The van der Waals surface area contributed by atoms with Crippen LogP contribution in [0.15, 0.2) is 121 Å². The molecule has 1 aliphatic carbocycles. The summed E-state index contributed by atoms with van der Waals surface area (Å²) < 4.78 is 19.1. The molecule has 3 fully saturated rings. The molecule has 5 aromatic rings. The summed E-state index contributed by atoms with van der Waals surface area (Å²) in [6, 6.07) is 42.4. The largest absolute Gasteiger partial charge is 0.494 e. The molecule has 0 bridgehead atoms. The van der Waals surface area contributed by atoms with Crippen molar-refractivity contribution in [2.24, 2.45) is 0 Å². The number of aldehydes is 1. The summed E-state index contributed by atoms with van der Waals surface area (Å²) in [6.45, 7) is 10.9. The van der Waals surface area contributed by atoms with E-state index < -0.39 is 6.04 Å². The van der Waals surface area contributed by atoms with Crippen LogP contribution in [0.4, 0.5) is 5.69 Å². The summed E-state index contributed by atoms with van der Waals surface area (Å²) in [5.74, 6) is 1.94. The highest BCUT2D eigenvalue weighted by atomic mass is 16.5. The zero-order valence-electron chi connectivity index (χ0n) is 39.0. The zero-order valence-corrected chi connectivity index (χ0v) is 39.0. The van der Waals surface area contributed by atoms with Crippen LogP contribution in [0.3, 0.4) is 0 Å². The highest BCUT2D eigenvalue weighted by molar-refractivity contribution is 6.00. The number of ether oxygens (including phenoxy) is 3. The second-order valence-electron chi connectivity index (χ2n) is 18.1. The number of imide groups is 1. The van der Waals surface area contributed by atoms with E-state index in [-0.39, 0.29) is 23.3 Å². The highest BCUT2D eigenvalue weighted by Crippen LogP contribution is 2.47. The third-order valence-electron chi connectivity index (χ3n) is 14.0. The Morgan fingerprint density at radius 2 is 1.55 bits per heavy atom. The SMILES string of the molecule is CC.CN(Cc1cc(N2CCC3(CC2)CN(CCCOc2ccc(C4c5ccc(OCc6ccccc6)cc5CCC4c4ccccc4)cc2)CCO3)ccc1C=O)C1CCC(=O)NC1=O. The van der Waals surface area contributed by atoms with Gasteiger partial charge in [-0.05, 0) is 127 Å². The molecular weight excluding hydrogens is 825 g/mol. The van der Waals surface area contributed by atoms with Crippen molar-refractivity contribution in [1.82, 2.24) is 15.1 Å². The van der Waals surface area contributed by atoms with Gasteiger partial charge in [-0.15, -0.1) is 0 Å². The first-order valence-corrected chi connectivity index (χ1v) is 24.1. The first-order chi connectivity index (χ1) is 32.3. The predicted octanol–water partition coefficient (Wildman–Crippen LogP) is 9.34. The molecule has 10 nitrogen and oxygen atoms in total. The van der Waals surface area contributed by atoms with Gasteiger partial charge in [0.2, 0.25) is 11.8 Å². The molecule has 3 heterocycles. The number of anilines is 1. The predicted molar refractivity (Wildman–Crippen MR) is 261 cm³/mol. The molecule has 346 valence electrons. The van der Waals surface area contributed by atoms with Gasteiger partial charge in [-0.1, -0.05) is 92.7 Å². The highest BCUT2D eigenvalue weighted by Gasteiger charge is 2.40. The van der Waals surface area contributed by atoms with Crippen LogP contribution in [0, 0.1) is 0 Å². The van der Waals surface area contributed by atoms with Gasteiger partial charge in [-0.2, -0.15) is 0 Å². The molecule has 5 aromatic carbocycles. The number of rotatable bonds is 15. The number of piperidine rings is 2. The molecule has 0 saturated carbocycles. The molecule has 9 rings (SSSR count). The van der Waals surface area contributed by atoms with E-state index in [1.54, 1.807) is 0 Å². The summed E-state index contributed by atoms with van der Waals surface area (Å²) in [6.07, 6.45) is 6.56. The van der Waals surface area contributed by atoms with Crippen molar-refractivity contribution in [3.8, 4) is 11.5 Å². The summed E-state index contributed by atoms with van der Waals surface area (Å²) in [5, 5.41) is 2.44. The third kappa shape index (κ3) is 11.2. The third-order valence-corrected chi connectivity index (χ3v) is 14.0. The van der Waals surface area contributed by atoms with E-state index >= 15 is 0 Å². The molecule has 66 heavy (non-hydrogen) atoms. The van der Waals surface area contributed by atoms with Crippen LogP contribution < -0.4 is 19.7 Å². The van der Waals surface area contributed by atoms with Gasteiger partial charge >= 0.3 is 0 Å². The van der Waals surface area contributed by atoms with Gasteiger partial charge in [-0.3, -0.25) is 29.5 Å². The maximum Gasteiger partial charge on any atom is 0.243 e. The Morgan fingerprint density at radius 1 is 0.803 bits per heavy atom. The molecule has 10 heteroatoms. The molecule has 3 atom stereocenters. The van der Waals surface area contributed by atoms with Gasteiger partial charge < -0.3 is 19.1 Å². The van der Waals surface area contributed by atoms with Crippen LogP contribution in [0.25, 0.3) is 0 Å². The van der Waals surface area contributed by atoms with Crippen LogP contribution in [0.1, 0.15) is 108 Å². The topological polar surface area (TPSA) is 101 Å². The van der Waals surface area contributed by atoms with Crippen molar-refractivity contribution in [2.75, 3.05) is 57.9 Å². The molecule has 3 saturated heterocycles. The fraction of sp³-hybridized carbons (Fsp3) is 0.411. The number of benzene rings is 5. The summed E-state index contributed by atoms with van der Waals surface area (Å²) in [7, 11) is 1.87. The Hall–Kier alpha value is -5.81. The first-order valence-electron chi connectivity index (χ1n) is 24.1. The molecule has 0 radical (unpaired) electrons. The van der Waals surface area contributed by atoms with E-state index in [1.807, 2.05) is 44.0 Å². The zero-order chi connectivity index (χ0) is 45.9. The van der Waals surface area contributed by atoms with E-state index in [9.17, 15) is 14.4 Å². The van der Waals surface area contributed by atoms with Crippen molar-refractivity contribution >= 4 is 23.8 Å². The lowest BCUT2D eigenvalue weighted by atomic mass is 9.69. The maximum atomic E-state index is 12.5. The molecule has 0 aromatic heterocycles. The summed E-state index contributed by atoms with van der Waals surface area (Å²) >= 11 is 0. The lowest BCUT2D eigenvalue weighted by Gasteiger charge is -2.48. The van der Waals surface area contributed by atoms with E-state index in [4.69, 9.17) is 14.2 Å². The number of hydrogen-bond acceptors (Lipinski definition) is 9. The van der Waals surface area contributed by atoms with Crippen LogP contribution in [-0.2, 0) is 33.9 Å². The quantitative estimate of drug-likeness (QED) is 0.0627. The van der Waals surface area contributed by atoms with Crippen LogP contribution in [0.2, 0.25) is 0 Å². The van der Waals surface area contributed by atoms with Crippen LogP contribution in [0.5, 0.6) is 11.5 Å². The summed E-state index contributed by atoms with van der Waals surface area (Å²) in [5.41, 5.74) is 9.00. The van der Waals surface area contributed by atoms with E-state index in [0.717, 1.165) is 100 Å². The van der Waals surface area contributed by atoms with Gasteiger partial charge in [0.15, 0.2) is 0 Å². The number of likely N-dealkylation sites (N-methyl/N-ethyl adjacent to an activating group) is 1. The number of hydrogen-bond donors (Lipinski definition) is 1. The number of morpholine rings is 1. The van der Waals surface area contributed by atoms with Crippen molar-refractivity contribution in [1.29, 1.82) is 0 Å². The minimum absolute atomic E-state index is 0.172. The van der Waals surface area contributed by atoms with Crippen molar-refractivity contribution in [2.45, 2.75) is 95.4 Å². The number of amides is 2. The second-order valence-corrected chi connectivity index (χ2v) is 18.1. The van der Waals surface area contributed by atoms with Crippen LogP contribution in [-0.4, -0.2) is 92.5 Å². The van der Waals surface area contributed by atoms with E-state index in [2.05, 4.69) is 118 Å². The van der Waals surface area contributed by atoms with Gasteiger partial charge in [0.05, 0.1) is 24.9 Å². The minimum Gasteiger partial charge on any atom is -0.494 e. The Kier molecular flexibility index (Phi) is 15.7. The number of carbonyl (C=O) groups excluding carboxylic acids is 3. The average molecular weight is 891 g/mol. The standard InChI is InChI=1S/C54H60N4O6.C2H6/c1-56(50-23-24-51(60)55-53(50)61)35-44-33-45(17-13-43(44)36-59)58-28-25-54(26-29-58)38-57(30-32-64-54)27-8-31-62-46-18-14-41(15-19-46)52-48(40-11-6-3-7-12-40)21-16-42-34-47(20-22-49(42)52)63-37-39-9-4-2-5-10-39;1-2/h2-7,9-15,17-20,22,33-34,36,48,50,52H,8,16,21,23-32,35,37-38H2,1H3,(H,55,60,61);1-2H3. The van der Waals surface area contributed by atoms with Gasteiger partial charge in [0.25, 0.3) is 0 Å². The van der Waals surface area contributed by atoms with Crippen molar-refractivity contribution in [3.63, 3.8) is 0 Å². The molecule has 3 unspecified atom stereocenters. The number of carbonyl (C=O) groups is 3. The monoisotopic (exact) mass is 890 g/mol. The number of nitrogens with zero attached hydrogens (tertiary/aromatic N) is 3. The van der Waals surface area contributed by atoms with E-state index in [0.29, 0.717) is 44.1 Å². The van der Waals surface area contributed by atoms with Crippen molar-refractivity contribution in [3.05, 3.63) is 160 Å². The Balaban J connectivity index is 0.00000292. The smallest absolute Gasteiger partial charge is 0.243 e. The Labute approximate surface area is 391 Å².